The highest BCUT2D eigenvalue weighted by atomic mass is 19.1. The van der Waals surface area contributed by atoms with Gasteiger partial charge in [-0.2, -0.15) is 0 Å². The van der Waals surface area contributed by atoms with E-state index in [0.717, 1.165) is 33.2 Å². The molecule has 0 fully saturated rings. The highest BCUT2D eigenvalue weighted by molar-refractivity contribution is 5.91. The maximum Gasteiger partial charge on any atom is 0.123 e. The van der Waals surface area contributed by atoms with Crippen molar-refractivity contribution < 1.29 is 8.78 Å². The maximum atomic E-state index is 13.6. The molecule has 172 valence electrons. The summed E-state index contributed by atoms with van der Waals surface area (Å²) in [6.45, 7) is 4.47. The Balaban J connectivity index is 1.58. The van der Waals surface area contributed by atoms with Crippen molar-refractivity contribution in [2.24, 2.45) is 0 Å². The smallest absolute Gasteiger partial charge is 0.123 e. The maximum absolute atomic E-state index is 13.6. The Hall–Kier alpha value is -4.18. The van der Waals surface area contributed by atoms with Gasteiger partial charge in [-0.3, -0.25) is 0 Å². The molecule has 0 saturated carbocycles. The van der Waals surface area contributed by atoms with Crippen LogP contribution < -0.4 is 0 Å². The van der Waals surface area contributed by atoms with Crippen molar-refractivity contribution in [1.29, 1.82) is 0 Å². The number of halogens is 2. The van der Waals surface area contributed by atoms with E-state index in [0.29, 0.717) is 0 Å². The number of hydrogen-bond acceptors (Lipinski definition) is 0. The van der Waals surface area contributed by atoms with Gasteiger partial charge in [-0.25, -0.2) is 8.78 Å². The van der Waals surface area contributed by atoms with Crippen LogP contribution in [0.4, 0.5) is 8.78 Å². The number of benzene rings is 4. The zero-order chi connectivity index (χ0) is 24.2. The summed E-state index contributed by atoms with van der Waals surface area (Å²) < 4.78 is 31.5. The van der Waals surface area contributed by atoms with Crippen molar-refractivity contribution in [1.82, 2.24) is 9.13 Å². The molecule has 0 amide bonds. The summed E-state index contributed by atoms with van der Waals surface area (Å²) in [5.74, 6) is -0.501. The van der Waals surface area contributed by atoms with E-state index in [1.54, 1.807) is 24.3 Å². The van der Waals surface area contributed by atoms with Crippen molar-refractivity contribution in [2.45, 2.75) is 19.3 Å². The molecule has 0 saturated heterocycles. The van der Waals surface area contributed by atoms with Crippen molar-refractivity contribution >= 4 is 21.8 Å². The van der Waals surface area contributed by atoms with E-state index < -0.39 is 0 Å². The Bertz CT molecular complexity index is 1540. The normalized spacial score (nSPS) is 12.0. The monoisotopic (exact) mass is 462 g/mol. The Kier molecular flexibility index (Phi) is 4.85. The van der Waals surface area contributed by atoms with Crippen LogP contribution in [0.1, 0.15) is 25.0 Å². The molecule has 2 aromatic heterocycles. The summed E-state index contributed by atoms with van der Waals surface area (Å²) in [4.78, 5) is 0. The Morgan fingerprint density at radius 1 is 0.514 bits per heavy atom. The van der Waals surface area contributed by atoms with Gasteiger partial charge >= 0.3 is 0 Å². The molecule has 0 aliphatic rings. The summed E-state index contributed by atoms with van der Waals surface area (Å²) in [6.07, 6.45) is 4.34. The lowest BCUT2D eigenvalue weighted by Gasteiger charge is -2.24. The lowest BCUT2D eigenvalue weighted by molar-refractivity contribution is 0.627. The number of fused-ring (bicyclic) bond motifs is 2. The van der Waals surface area contributed by atoms with Gasteiger partial charge in [0.05, 0.1) is 11.0 Å². The standard InChI is InChI=1S/C31H24F2N2/c1-31(2,27-19-34(23-15-11-21(32)12-16-23)29-9-5-3-7-25(27)29)28-20-35(24-17-13-22(33)14-18-24)30-10-6-4-8-26(28)30/h3-20H,1-2H3. The molecule has 0 spiro atoms. The zero-order valence-electron chi connectivity index (χ0n) is 19.5. The highest BCUT2D eigenvalue weighted by Gasteiger charge is 2.31. The van der Waals surface area contributed by atoms with Crippen LogP contribution in [0.2, 0.25) is 0 Å². The van der Waals surface area contributed by atoms with E-state index in [1.807, 2.05) is 12.1 Å². The van der Waals surface area contributed by atoms with Gasteiger partial charge < -0.3 is 9.13 Å². The Morgan fingerprint density at radius 2 is 0.886 bits per heavy atom. The molecular formula is C31H24F2N2. The van der Waals surface area contributed by atoms with E-state index in [9.17, 15) is 8.78 Å². The van der Waals surface area contributed by atoms with Crippen LogP contribution in [-0.2, 0) is 5.41 Å². The van der Waals surface area contributed by atoms with Crippen LogP contribution in [0.15, 0.2) is 109 Å². The van der Waals surface area contributed by atoms with Gasteiger partial charge in [-0.15, -0.1) is 0 Å². The molecule has 0 aliphatic heterocycles. The number of para-hydroxylation sites is 2. The third-order valence-corrected chi connectivity index (χ3v) is 6.98. The van der Waals surface area contributed by atoms with Crippen LogP contribution in [0.3, 0.4) is 0 Å². The molecule has 0 unspecified atom stereocenters. The van der Waals surface area contributed by atoms with E-state index in [1.165, 1.54) is 35.4 Å². The fourth-order valence-corrected chi connectivity index (χ4v) is 5.13. The lowest BCUT2D eigenvalue weighted by Crippen LogP contribution is -2.18. The van der Waals surface area contributed by atoms with Gasteiger partial charge in [0.15, 0.2) is 0 Å². The number of aromatic nitrogens is 2. The SMILES string of the molecule is CC(C)(c1cn(-c2ccc(F)cc2)c2ccccc12)c1cn(-c2ccc(F)cc2)c2ccccc12. The van der Waals surface area contributed by atoms with Crippen LogP contribution in [0, 0.1) is 11.6 Å². The molecule has 0 aliphatic carbocycles. The minimum absolute atomic E-state index is 0.251. The predicted octanol–water partition coefficient (Wildman–Crippen LogP) is 8.18. The average molecular weight is 463 g/mol. The predicted molar refractivity (Wildman–Crippen MR) is 139 cm³/mol. The van der Waals surface area contributed by atoms with E-state index >= 15 is 0 Å². The topological polar surface area (TPSA) is 9.86 Å². The molecule has 2 nitrogen and oxygen atoms in total. The third kappa shape index (κ3) is 3.45. The molecule has 0 bridgehead atoms. The molecule has 4 heteroatoms. The van der Waals surface area contributed by atoms with Crippen molar-refractivity contribution in [2.75, 3.05) is 0 Å². The summed E-state index contributed by atoms with van der Waals surface area (Å²) in [5, 5.41) is 2.31. The number of hydrogen-bond donors (Lipinski definition) is 0. The molecule has 0 N–H and O–H groups in total. The number of nitrogens with zero attached hydrogens (tertiary/aromatic N) is 2. The van der Waals surface area contributed by atoms with E-state index in [-0.39, 0.29) is 17.0 Å². The summed E-state index contributed by atoms with van der Waals surface area (Å²) >= 11 is 0. The zero-order valence-corrected chi connectivity index (χ0v) is 19.5. The first-order valence-corrected chi connectivity index (χ1v) is 11.7. The largest absolute Gasteiger partial charge is 0.316 e. The lowest BCUT2D eigenvalue weighted by atomic mass is 9.78. The Morgan fingerprint density at radius 3 is 1.29 bits per heavy atom. The molecule has 4 aromatic carbocycles. The molecular weight excluding hydrogens is 438 g/mol. The first-order valence-electron chi connectivity index (χ1n) is 11.7. The Labute approximate surface area is 202 Å². The molecule has 6 rings (SSSR count). The molecule has 2 heterocycles. The molecule has 35 heavy (non-hydrogen) atoms. The summed E-state index contributed by atoms with van der Waals surface area (Å²) in [7, 11) is 0. The van der Waals surface area contributed by atoms with Crippen LogP contribution in [0.25, 0.3) is 33.2 Å². The van der Waals surface area contributed by atoms with Crippen LogP contribution >= 0.6 is 0 Å². The van der Waals surface area contributed by atoms with Gasteiger partial charge in [0.25, 0.3) is 0 Å². The average Bonchev–Trinajstić information content (AvgIpc) is 3.46. The minimum Gasteiger partial charge on any atom is -0.316 e. The van der Waals surface area contributed by atoms with Crippen molar-refractivity contribution in [3.05, 3.63) is 132 Å². The first-order chi connectivity index (χ1) is 16.9. The summed E-state index contributed by atoms with van der Waals surface area (Å²) in [6, 6.07) is 29.8. The third-order valence-electron chi connectivity index (χ3n) is 6.98. The molecule has 6 aromatic rings. The highest BCUT2D eigenvalue weighted by Crippen LogP contribution is 2.42. The molecule has 0 radical (unpaired) electrons. The number of rotatable bonds is 4. The second kappa shape index (κ2) is 7.95. The van der Waals surface area contributed by atoms with Crippen LogP contribution in [-0.4, -0.2) is 9.13 Å². The quantitative estimate of drug-likeness (QED) is 0.250. The summed E-state index contributed by atoms with van der Waals surface area (Å²) in [5.41, 5.74) is 5.99. The van der Waals surface area contributed by atoms with Gasteiger partial charge in [0.1, 0.15) is 11.6 Å². The van der Waals surface area contributed by atoms with Gasteiger partial charge in [0.2, 0.25) is 0 Å². The van der Waals surface area contributed by atoms with Crippen molar-refractivity contribution in [3.8, 4) is 11.4 Å². The van der Waals surface area contributed by atoms with Gasteiger partial charge in [-0.1, -0.05) is 50.2 Å². The minimum atomic E-state index is -0.351. The van der Waals surface area contributed by atoms with Crippen LogP contribution in [0.5, 0.6) is 0 Å². The van der Waals surface area contributed by atoms with Gasteiger partial charge in [-0.05, 0) is 71.8 Å². The fraction of sp³-hybridized carbons (Fsp3) is 0.0968. The fourth-order valence-electron chi connectivity index (χ4n) is 5.13. The van der Waals surface area contributed by atoms with E-state index in [4.69, 9.17) is 0 Å². The van der Waals surface area contributed by atoms with Gasteiger partial charge in [0, 0.05) is 40.0 Å². The van der Waals surface area contributed by atoms with Crippen molar-refractivity contribution in [3.63, 3.8) is 0 Å². The second-order valence-corrected chi connectivity index (χ2v) is 9.44. The first kappa shape index (κ1) is 21.4. The molecule has 0 atom stereocenters. The second-order valence-electron chi connectivity index (χ2n) is 9.44. The van der Waals surface area contributed by atoms with E-state index in [2.05, 4.69) is 71.8 Å².